The number of carbonyl (C=O) groups excluding carboxylic acids is 1. The highest BCUT2D eigenvalue weighted by Crippen LogP contribution is 2.22. The Morgan fingerprint density at radius 1 is 1.39 bits per heavy atom. The average Bonchev–Trinajstić information content (AvgIpc) is 2.96. The van der Waals surface area contributed by atoms with Crippen molar-refractivity contribution in [2.45, 2.75) is 25.8 Å². The van der Waals surface area contributed by atoms with Crippen LogP contribution in [0.3, 0.4) is 0 Å². The van der Waals surface area contributed by atoms with Gasteiger partial charge < -0.3 is 10.1 Å². The molecule has 124 valence electrons. The van der Waals surface area contributed by atoms with Crippen molar-refractivity contribution >= 4 is 27.5 Å². The number of rotatable bonds is 6. The molecule has 0 unspecified atom stereocenters. The summed E-state index contributed by atoms with van der Waals surface area (Å²) in [6, 6.07) is 8.26. The largest absolute Gasteiger partial charge is 0.379 e. The fourth-order valence-corrected chi connectivity index (χ4v) is 3.78. The van der Waals surface area contributed by atoms with E-state index in [1.165, 1.54) is 4.70 Å². The van der Waals surface area contributed by atoms with Crippen molar-refractivity contribution in [3.05, 3.63) is 29.3 Å². The number of para-hydroxylation sites is 1. The predicted octanol–water partition coefficient (Wildman–Crippen LogP) is 2.07. The van der Waals surface area contributed by atoms with Crippen molar-refractivity contribution < 1.29 is 9.53 Å². The van der Waals surface area contributed by atoms with Gasteiger partial charge in [-0.25, -0.2) is 4.98 Å². The Bertz CT molecular complexity index is 619. The molecule has 1 aromatic heterocycles. The number of hydrogen-bond donors (Lipinski definition) is 1. The molecule has 23 heavy (non-hydrogen) atoms. The minimum Gasteiger partial charge on any atom is -0.379 e. The van der Waals surface area contributed by atoms with E-state index in [9.17, 15) is 4.79 Å². The van der Waals surface area contributed by atoms with Gasteiger partial charge in [-0.1, -0.05) is 12.1 Å². The van der Waals surface area contributed by atoms with Crippen LogP contribution >= 0.6 is 11.3 Å². The molecule has 5 nitrogen and oxygen atoms in total. The van der Waals surface area contributed by atoms with Gasteiger partial charge in [-0.2, -0.15) is 0 Å². The van der Waals surface area contributed by atoms with Crippen LogP contribution in [0.1, 0.15) is 18.4 Å². The first-order chi connectivity index (χ1) is 11.2. The van der Waals surface area contributed by atoms with Gasteiger partial charge in [0.15, 0.2) is 0 Å². The molecule has 1 N–H and O–H groups in total. The van der Waals surface area contributed by atoms with Gasteiger partial charge in [-0.3, -0.25) is 9.69 Å². The SMILES string of the molecule is C[C@H](CN1CCOCC1)NC(=O)CCc1nc2ccccc2s1. The van der Waals surface area contributed by atoms with Gasteiger partial charge in [-0.05, 0) is 19.1 Å². The standard InChI is InChI=1S/C17H23N3O2S/c1-13(12-20-8-10-22-11-9-20)18-16(21)6-7-17-19-14-4-2-3-5-15(14)23-17/h2-5,13H,6-12H2,1H3,(H,18,21)/t13-/m1/s1. The van der Waals surface area contributed by atoms with Crippen LogP contribution in [0.4, 0.5) is 0 Å². The molecule has 1 aliphatic heterocycles. The molecule has 1 amide bonds. The summed E-state index contributed by atoms with van der Waals surface area (Å²) in [7, 11) is 0. The summed E-state index contributed by atoms with van der Waals surface area (Å²) >= 11 is 1.67. The Labute approximate surface area is 140 Å². The Kier molecular flexibility index (Phi) is 5.59. The van der Waals surface area contributed by atoms with Gasteiger partial charge in [0.05, 0.1) is 28.4 Å². The molecule has 0 radical (unpaired) electrons. The molecule has 2 aromatic rings. The van der Waals surface area contributed by atoms with Crippen LogP contribution in [0.5, 0.6) is 0 Å². The van der Waals surface area contributed by atoms with E-state index in [1.54, 1.807) is 11.3 Å². The van der Waals surface area contributed by atoms with Crippen molar-refractivity contribution in [1.29, 1.82) is 0 Å². The first-order valence-corrected chi connectivity index (χ1v) is 8.96. The third-order valence-electron chi connectivity index (χ3n) is 3.95. The summed E-state index contributed by atoms with van der Waals surface area (Å²) in [6.07, 6.45) is 1.20. The number of morpholine rings is 1. The predicted molar refractivity (Wildman–Crippen MR) is 92.8 cm³/mol. The zero-order valence-electron chi connectivity index (χ0n) is 13.5. The maximum Gasteiger partial charge on any atom is 0.220 e. The number of amides is 1. The number of aryl methyl sites for hydroxylation is 1. The normalized spacial score (nSPS) is 17.3. The number of ether oxygens (including phenoxy) is 1. The second kappa shape index (κ2) is 7.86. The lowest BCUT2D eigenvalue weighted by molar-refractivity contribution is -0.121. The number of fused-ring (bicyclic) bond motifs is 1. The van der Waals surface area contributed by atoms with E-state index in [0.717, 1.165) is 43.4 Å². The van der Waals surface area contributed by atoms with E-state index < -0.39 is 0 Å². The molecule has 1 aromatic carbocycles. The van der Waals surface area contributed by atoms with Crippen LogP contribution in [0.25, 0.3) is 10.2 Å². The highest BCUT2D eigenvalue weighted by molar-refractivity contribution is 7.18. The molecule has 1 aliphatic rings. The zero-order valence-corrected chi connectivity index (χ0v) is 14.3. The molecule has 1 fully saturated rings. The molecule has 0 saturated carbocycles. The number of hydrogen-bond acceptors (Lipinski definition) is 5. The summed E-state index contributed by atoms with van der Waals surface area (Å²) < 4.78 is 6.52. The van der Waals surface area contributed by atoms with Crippen molar-refractivity contribution in [2.75, 3.05) is 32.8 Å². The molecule has 3 rings (SSSR count). The maximum absolute atomic E-state index is 12.1. The molecule has 6 heteroatoms. The van der Waals surface area contributed by atoms with Crippen molar-refractivity contribution in [1.82, 2.24) is 15.2 Å². The second-order valence-electron chi connectivity index (χ2n) is 5.96. The summed E-state index contributed by atoms with van der Waals surface area (Å²) in [5, 5.41) is 4.12. The van der Waals surface area contributed by atoms with Gasteiger partial charge in [0.1, 0.15) is 0 Å². The van der Waals surface area contributed by atoms with Gasteiger partial charge in [0.2, 0.25) is 5.91 Å². The van der Waals surface area contributed by atoms with E-state index in [-0.39, 0.29) is 11.9 Å². The molecule has 0 bridgehead atoms. The average molecular weight is 333 g/mol. The number of nitrogens with zero attached hydrogens (tertiary/aromatic N) is 2. The minimum absolute atomic E-state index is 0.102. The Hall–Kier alpha value is -1.50. The smallest absolute Gasteiger partial charge is 0.220 e. The van der Waals surface area contributed by atoms with Crippen molar-refractivity contribution in [3.8, 4) is 0 Å². The Morgan fingerprint density at radius 2 is 2.17 bits per heavy atom. The van der Waals surface area contributed by atoms with E-state index in [1.807, 2.05) is 18.2 Å². The topological polar surface area (TPSA) is 54.5 Å². The van der Waals surface area contributed by atoms with Crippen molar-refractivity contribution in [3.63, 3.8) is 0 Å². The summed E-state index contributed by atoms with van der Waals surface area (Å²) in [4.78, 5) is 19.0. The molecule has 0 aliphatic carbocycles. The lowest BCUT2D eigenvalue weighted by Crippen LogP contribution is -2.46. The monoisotopic (exact) mass is 333 g/mol. The number of carbonyl (C=O) groups is 1. The highest BCUT2D eigenvalue weighted by Gasteiger charge is 2.15. The number of thiazole rings is 1. The van der Waals surface area contributed by atoms with E-state index in [2.05, 4.69) is 28.2 Å². The minimum atomic E-state index is 0.102. The van der Waals surface area contributed by atoms with Crippen LogP contribution in [-0.2, 0) is 16.0 Å². The van der Waals surface area contributed by atoms with Crippen molar-refractivity contribution in [2.24, 2.45) is 0 Å². The molecule has 2 heterocycles. The molecule has 1 saturated heterocycles. The first kappa shape index (κ1) is 16.4. The quantitative estimate of drug-likeness (QED) is 0.879. The number of nitrogens with one attached hydrogen (secondary N) is 1. The molecule has 1 atom stereocenters. The molecular weight excluding hydrogens is 310 g/mol. The Balaban J connectivity index is 1.43. The Morgan fingerprint density at radius 3 is 2.96 bits per heavy atom. The fraction of sp³-hybridized carbons (Fsp3) is 0.529. The number of benzene rings is 1. The van der Waals surface area contributed by atoms with E-state index >= 15 is 0 Å². The lowest BCUT2D eigenvalue weighted by atomic mass is 10.2. The van der Waals surface area contributed by atoms with Crippen LogP contribution in [0.15, 0.2) is 24.3 Å². The van der Waals surface area contributed by atoms with Crippen LogP contribution in [0, 0.1) is 0 Å². The summed E-state index contributed by atoms with van der Waals surface area (Å²) in [5.74, 6) is 0.102. The van der Waals surface area contributed by atoms with Gasteiger partial charge in [0, 0.05) is 38.5 Å². The lowest BCUT2D eigenvalue weighted by Gasteiger charge is -2.29. The van der Waals surface area contributed by atoms with Gasteiger partial charge >= 0.3 is 0 Å². The third-order valence-corrected chi connectivity index (χ3v) is 5.04. The molecule has 0 spiro atoms. The van der Waals surface area contributed by atoms with E-state index in [4.69, 9.17) is 4.74 Å². The van der Waals surface area contributed by atoms with Crippen LogP contribution in [-0.4, -0.2) is 54.7 Å². The summed E-state index contributed by atoms with van der Waals surface area (Å²) in [5.41, 5.74) is 1.02. The second-order valence-corrected chi connectivity index (χ2v) is 7.07. The number of aromatic nitrogens is 1. The first-order valence-electron chi connectivity index (χ1n) is 8.14. The highest BCUT2D eigenvalue weighted by atomic mass is 32.1. The maximum atomic E-state index is 12.1. The fourth-order valence-electron chi connectivity index (χ4n) is 2.81. The zero-order chi connectivity index (χ0) is 16.1. The van der Waals surface area contributed by atoms with E-state index in [0.29, 0.717) is 12.8 Å². The van der Waals surface area contributed by atoms with Crippen LogP contribution < -0.4 is 5.32 Å². The molecular formula is C17H23N3O2S. The van der Waals surface area contributed by atoms with Crippen LogP contribution in [0.2, 0.25) is 0 Å². The third kappa shape index (κ3) is 4.73. The van der Waals surface area contributed by atoms with Gasteiger partial charge in [0.25, 0.3) is 0 Å². The summed E-state index contributed by atoms with van der Waals surface area (Å²) in [6.45, 7) is 6.43. The van der Waals surface area contributed by atoms with Gasteiger partial charge in [-0.15, -0.1) is 11.3 Å².